The molecule has 1 amide bonds. The predicted molar refractivity (Wildman–Crippen MR) is 106 cm³/mol. The van der Waals surface area contributed by atoms with Crippen molar-refractivity contribution in [3.8, 4) is 5.75 Å². The summed E-state index contributed by atoms with van der Waals surface area (Å²) in [6.45, 7) is 0.297. The number of carbonyl (C=O) groups excluding carboxylic acids is 3. The smallest absolute Gasteiger partial charge is 0.387 e. The van der Waals surface area contributed by atoms with E-state index in [0.717, 1.165) is 5.56 Å². The highest BCUT2D eigenvalue weighted by atomic mass is 19.3. The summed E-state index contributed by atoms with van der Waals surface area (Å²) in [6, 6.07) is 6.05. The molecule has 168 valence electrons. The lowest BCUT2D eigenvalue weighted by molar-refractivity contribution is -0.124. The van der Waals surface area contributed by atoms with E-state index in [9.17, 15) is 23.2 Å². The molecule has 1 aromatic heterocycles. The summed E-state index contributed by atoms with van der Waals surface area (Å²) in [7, 11) is 1.25. The Hall–Kier alpha value is -3.43. The van der Waals surface area contributed by atoms with Gasteiger partial charge < -0.3 is 24.5 Å². The highest BCUT2D eigenvalue weighted by molar-refractivity contribution is 5.99. The van der Waals surface area contributed by atoms with Crippen molar-refractivity contribution >= 4 is 17.8 Å². The number of hydrogen-bond acceptors (Lipinski definition) is 6. The summed E-state index contributed by atoms with van der Waals surface area (Å²) in [4.78, 5) is 39.0. The molecule has 2 N–H and O–H groups in total. The molecule has 2 aromatic rings. The molecule has 1 aromatic carbocycles. The molecule has 0 atom stereocenters. The second-order valence-electron chi connectivity index (χ2n) is 6.52. The van der Waals surface area contributed by atoms with Crippen molar-refractivity contribution in [2.75, 3.05) is 20.3 Å². The van der Waals surface area contributed by atoms with Crippen LogP contribution in [0.15, 0.2) is 24.3 Å². The second kappa shape index (κ2) is 11.1. The zero-order valence-corrected chi connectivity index (χ0v) is 17.4. The monoisotopic (exact) mass is 438 g/mol. The highest BCUT2D eigenvalue weighted by Crippen LogP contribution is 2.21. The van der Waals surface area contributed by atoms with Crippen molar-refractivity contribution in [2.45, 2.75) is 33.3 Å². The number of halogens is 2. The molecular weight excluding hydrogens is 414 g/mol. The van der Waals surface area contributed by atoms with Gasteiger partial charge in [-0.25, -0.2) is 9.59 Å². The van der Waals surface area contributed by atoms with Crippen LogP contribution in [-0.4, -0.2) is 49.7 Å². The van der Waals surface area contributed by atoms with Crippen molar-refractivity contribution in [1.82, 2.24) is 10.3 Å². The lowest BCUT2D eigenvalue weighted by Crippen LogP contribution is -2.30. The molecule has 0 saturated heterocycles. The summed E-state index contributed by atoms with van der Waals surface area (Å²) < 4.78 is 38.3. The number of carbonyl (C=O) groups is 3. The maximum Gasteiger partial charge on any atom is 0.387 e. The van der Waals surface area contributed by atoms with Gasteiger partial charge in [-0.15, -0.1) is 0 Å². The van der Waals surface area contributed by atoms with Crippen LogP contribution in [0.1, 0.15) is 44.6 Å². The number of alkyl halides is 2. The zero-order valence-electron chi connectivity index (χ0n) is 17.4. The fraction of sp³-hybridized carbons (Fsp3) is 0.381. The Bertz CT molecular complexity index is 925. The zero-order chi connectivity index (χ0) is 23.0. The Labute approximate surface area is 177 Å². The normalized spacial score (nSPS) is 10.6. The molecule has 0 aliphatic carbocycles. The molecule has 10 heteroatoms. The van der Waals surface area contributed by atoms with E-state index in [2.05, 4.69) is 15.0 Å². The van der Waals surface area contributed by atoms with E-state index >= 15 is 0 Å². The first-order valence-corrected chi connectivity index (χ1v) is 9.54. The summed E-state index contributed by atoms with van der Waals surface area (Å²) in [5, 5.41) is 2.60. The number of aryl methyl sites for hydroxylation is 1. The topological polar surface area (TPSA) is 107 Å². The Balaban J connectivity index is 1.83. The molecule has 8 nitrogen and oxygen atoms in total. The van der Waals surface area contributed by atoms with Crippen LogP contribution >= 0.6 is 0 Å². The van der Waals surface area contributed by atoms with E-state index in [0.29, 0.717) is 24.1 Å². The number of ether oxygens (including phenoxy) is 3. The molecule has 0 fully saturated rings. The number of rotatable bonds is 10. The van der Waals surface area contributed by atoms with Gasteiger partial charge in [0.2, 0.25) is 0 Å². The molecule has 0 unspecified atom stereocenters. The number of aromatic amines is 1. The molecule has 0 bridgehead atoms. The maximum absolute atomic E-state index is 12.3. The minimum absolute atomic E-state index is 0.0518. The maximum atomic E-state index is 12.3. The quantitative estimate of drug-likeness (QED) is 0.553. The fourth-order valence-corrected chi connectivity index (χ4v) is 2.94. The van der Waals surface area contributed by atoms with Crippen LogP contribution in [0, 0.1) is 6.92 Å². The summed E-state index contributed by atoms with van der Waals surface area (Å²) >= 11 is 0. The SMILES string of the molecule is CCc1[nH]c(C(=O)OCC(=O)NCCc2ccc(OC(F)F)cc2)c(C)c1C(=O)OC. The Morgan fingerprint density at radius 3 is 2.39 bits per heavy atom. The molecular formula is C21H24F2N2O6. The molecule has 1 heterocycles. The minimum atomic E-state index is -2.89. The lowest BCUT2D eigenvalue weighted by Gasteiger charge is -2.08. The molecule has 0 spiro atoms. The van der Waals surface area contributed by atoms with Gasteiger partial charge >= 0.3 is 18.6 Å². The first kappa shape index (κ1) is 23.8. The number of nitrogens with one attached hydrogen (secondary N) is 2. The average Bonchev–Trinajstić information content (AvgIpc) is 3.08. The number of aromatic nitrogens is 1. The molecule has 2 rings (SSSR count). The van der Waals surface area contributed by atoms with Gasteiger partial charge in [0.25, 0.3) is 5.91 Å². The predicted octanol–water partition coefficient (Wildman–Crippen LogP) is 2.79. The largest absolute Gasteiger partial charge is 0.465 e. The van der Waals surface area contributed by atoms with Gasteiger partial charge in [0.15, 0.2) is 6.61 Å². The number of esters is 2. The van der Waals surface area contributed by atoms with Gasteiger partial charge in [0.1, 0.15) is 11.4 Å². The first-order chi connectivity index (χ1) is 14.8. The molecule has 0 radical (unpaired) electrons. The van der Waals surface area contributed by atoms with Crippen LogP contribution in [0.5, 0.6) is 5.75 Å². The van der Waals surface area contributed by atoms with E-state index in [1.807, 2.05) is 6.92 Å². The van der Waals surface area contributed by atoms with Crippen LogP contribution in [0.3, 0.4) is 0 Å². The summed E-state index contributed by atoms with van der Waals surface area (Å²) in [5.74, 6) is -1.77. The van der Waals surface area contributed by atoms with Crippen molar-refractivity contribution in [2.24, 2.45) is 0 Å². The third kappa shape index (κ3) is 6.53. The highest BCUT2D eigenvalue weighted by Gasteiger charge is 2.24. The van der Waals surface area contributed by atoms with Gasteiger partial charge in [-0.3, -0.25) is 4.79 Å². The lowest BCUT2D eigenvalue weighted by atomic mass is 10.1. The number of methoxy groups -OCH3 is 1. The Morgan fingerprint density at radius 2 is 1.81 bits per heavy atom. The van der Waals surface area contributed by atoms with E-state index < -0.39 is 31.1 Å². The average molecular weight is 438 g/mol. The van der Waals surface area contributed by atoms with Crippen molar-refractivity contribution in [3.63, 3.8) is 0 Å². The van der Waals surface area contributed by atoms with Crippen LogP contribution < -0.4 is 10.1 Å². The number of H-pyrrole nitrogens is 1. The third-order valence-electron chi connectivity index (χ3n) is 4.49. The van der Waals surface area contributed by atoms with Gasteiger partial charge in [-0.05, 0) is 43.0 Å². The van der Waals surface area contributed by atoms with Crippen LogP contribution in [-0.2, 0) is 27.1 Å². The minimum Gasteiger partial charge on any atom is -0.465 e. The summed E-state index contributed by atoms with van der Waals surface area (Å²) in [6.07, 6.45) is 0.932. The van der Waals surface area contributed by atoms with Crippen molar-refractivity contribution < 1.29 is 37.4 Å². The van der Waals surface area contributed by atoms with Crippen molar-refractivity contribution in [1.29, 1.82) is 0 Å². The molecule has 0 saturated carbocycles. The van der Waals surface area contributed by atoms with Crippen LogP contribution in [0.4, 0.5) is 8.78 Å². The molecule has 31 heavy (non-hydrogen) atoms. The molecule has 0 aliphatic heterocycles. The molecule has 0 aliphatic rings. The van der Waals surface area contributed by atoms with Crippen LogP contribution in [0.2, 0.25) is 0 Å². The standard InChI is InChI=1S/C21H24F2N2O6/c1-4-15-17(19(27)29-3)12(2)18(25-15)20(28)30-11-16(26)24-10-9-13-5-7-14(8-6-13)31-21(22)23/h5-8,21,25H,4,9-11H2,1-3H3,(H,24,26). The van der Waals surface area contributed by atoms with Gasteiger partial charge in [-0.1, -0.05) is 19.1 Å². The number of hydrogen-bond donors (Lipinski definition) is 2. The summed E-state index contributed by atoms with van der Waals surface area (Å²) in [5.41, 5.74) is 2.13. The van der Waals surface area contributed by atoms with E-state index in [1.54, 1.807) is 19.1 Å². The second-order valence-corrected chi connectivity index (χ2v) is 6.52. The number of benzene rings is 1. The van der Waals surface area contributed by atoms with Crippen LogP contribution in [0.25, 0.3) is 0 Å². The van der Waals surface area contributed by atoms with Gasteiger partial charge in [0.05, 0.1) is 12.7 Å². The number of amides is 1. The Kier molecular flexibility index (Phi) is 8.53. The third-order valence-corrected chi connectivity index (χ3v) is 4.49. The first-order valence-electron chi connectivity index (χ1n) is 9.54. The van der Waals surface area contributed by atoms with Crippen molar-refractivity contribution in [3.05, 3.63) is 52.3 Å². The Morgan fingerprint density at radius 1 is 1.13 bits per heavy atom. The fourth-order valence-electron chi connectivity index (χ4n) is 2.94. The van der Waals surface area contributed by atoms with E-state index in [4.69, 9.17) is 9.47 Å². The van der Waals surface area contributed by atoms with Gasteiger partial charge in [-0.2, -0.15) is 8.78 Å². The van der Waals surface area contributed by atoms with E-state index in [-0.39, 0.29) is 23.6 Å². The van der Waals surface area contributed by atoms with E-state index in [1.165, 1.54) is 19.2 Å². The van der Waals surface area contributed by atoms with Gasteiger partial charge in [0, 0.05) is 12.2 Å².